The third-order valence-corrected chi connectivity index (χ3v) is 3.46. The summed E-state index contributed by atoms with van der Waals surface area (Å²) in [4.78, 5) is 12.2. The fourth-order valence-corrected chi connectivity index (χ4v) is 2.45. The zero-order valence-corrected chi connectivity index (χ0v) is 11.1. The van der Waals surface area contributed by atoms with Gasteiger partial charge in [-0.1, -0.05) is 30.3 Å². The molecule has 3 aromatic rings. The molecule has 2 nitrogen and oxygen atoms in total. The summed E-state index contributed by atoms with van der Waals surface area (Å²) in [6.45, 7) is 2.32. The molecule has 100 valence electrons. The molecule has 0 unspecified atom stereocenters. The Bertz CT molecular complexity index is 822. The summed E-state index contributed by atoms with van der Waals surface area (Å²) >= 11 is 0. The standard InChI is InChI=1S/C17H14FNO/c1-12-9-17(20)19(11-13-5-3-2-4-6-13)16-8-7-14(18)10-15(12)16/h2-10H,11H2,1H3. The van der Waals surface area contributed by atoms with E-state index < -0.39 is 0 Å². The molecule has 0 spiro atoms. The first-order chi connectivity index (χ1) is 9.65. The zero-order chi connectivity index (χ0) is 14.1. The minimum absolute atomic E-state index is 0.0644. The van der Waals surface area contributed by atoms with Crippen molar-refractivity contribution in [3.05, 3.63) is 81.9 Å². The summed E-state index contributed by atoms with van der Waals surface area (Å²) in [6.07, 6.45) is 0. The van der Waals surface area contributed by atoms with E-state index >= 15 is 0 Å². The zero-order valence-electron chi connectivity index (χ0n) is 11.1. The highest BCUT2D eigenvalue weighted by atomic mass is 19.1. The van der Waals surface area contributed by atoms with Crippen LogP contribution < -0.4 is 5.56 Å². The van der Waals surface area contributed by atoms with Crippen LogP contribution in [0, 0.1) is 12.7 Å². The third kappa shape index (κ3) is 2.23. The van der Waals surface area contributed by atoms with E-state index in [-0.39, 0.29) is 11.4 Å². The molecule has 0 radical (unpaired) electrons. The van der Waals surface area contributed by atoms with Crippen LogP contribution in [0.4, 0.5) is 4.39 Å². The van der Waals surface area contributed by atoms with Crippen molar-refractivity contribution < 1.29 is 4.39 Å². The molecule has 0 N–H and O–H groups in total. The second-order valence-electron chi connectivity index (χ2n) is 4.90. The van der Waals surface area contributed by atoms with Crippen LogP contribution in [0.25, 0.3) is 10.9 Å². The Hall–Kier alpha value is -2.42. The van der Waals surface area contributed by atoms with Gasteiger partial charge in [-0.2, -0.15) is 0 Å². The SMILES string of the molecule is Cc1cc(=O)n(Cc2ccccc2)c2ccc(F)cc12. The summed E-state index contributed by atoms with van der Waals surface area (Å²) < 4.78 is 15.1. The maximum atomic E-state index is 13.4. The van der Waals surface area contributed by atoms with Gasteiger partial charge in [0, 0.05) is 11.5 Å². The van der Waals surface area contributed by atoms with E-state index in [9.17, 15) is 9.18 Å². The van der Waals surface area contributed by atoms with Crippen LogP contribution in [0.3, 0.4) is 0 Å². The van der Waals surface area contributed by atoms with Crippen LogP contribution in [0.15, 0.2) is 59.4 Å². The first-order valence-electron chi connectivity index (χ1n) is 6.49. The van der Waals surface area contributed by atoms with Gasteiger partial charge in [0.15, 0.2) is 0 Å². The van der Waals surface area contributed by atoms with E-state index in [1.54, 1.807) is 16.7 Å². The topological polar surface area (TPSA) is 22.0 Å². The van der Waals surface area contributed by atoms with E-state index in [1.807, 2.05) is 37.3 Å². The summed E-state index contributed by atoms with van der Waals surface area (Å²) in [7, 11) is 0. The molecule has 0 fully saturated rings. The van der Waals surface area contributed by atoms with Crippen molar-refractivity contribution >= 4 is 10.9 Å². The van der Waals surface area contributed by atoms with E-state index in [0.717, 1.165) is 22.0 Å². The molecular formula is C17H14FNO. The van der Waals surface area contributed by atoms with Crippen molar-refractivity contribution in [1.82, 2.24) is 4.57 Å². The average molecular weight is 267 g/mol. The molecule has 2 aromatic carbocycles. The van der Waals surface area contributed by atoms with Crippen molar-refractivity contribution in [1.29, 1.82) is 0 Å². The van der Waals surface area contributed by atoms with Crippen LogP contribution in [0.5, 0.6) is 0 Å². The largest absolute Gasteiger partial charge is 0.304 e. The Morgan fingerprint density at radius 2 is 1.80 bits per heavy atom. The Labute approximate surface area is 116 Å². The number of rotatable bonds is 2. The van der Waals surface area contributed by atoms with Gasteiger partial charge in [0.05, 0.1) is 12.1 Å². The summed E-state index contributed by atoms with van der Waals surface area (Å²) in [5.74, 6) is -0.287. The number of hydrogen-bond donors (Lipinski definition) is 0. The van der Waals surface area contributed by atoms with E-state index in [1.165, 1.54) is 12.1 Å². The third-order valence-electron chi connectivity index (χ3n) is 3.46. The van der Waals surface area contributed by atoms with Crippen molar-refractivity contribution in [2.75, 3.05) is 0 Å². The van der Waals surface area contributed by atoms with Crippen molar-refractivity contribution in [2.45, 2.75) is 13.5 Å². The number of pyridine rings is 1. The fraction of sp³-hybridized carbons (Fsp3) is 0.118. The fourth-order valence-electron chi connectivity index (χ4n) is 2.45. The summed E-state index contributed by atoms with van der Waals surface area (Å²) in [6, 6.07) is 15.9. The van der Waals surface area contributed by atoms with Gasteiger partial charge < -0.3 is 4.57 Å². The number of aromatic nitrogens is 1. The lowest BCUT2D eigenvalue weighted by Crippen LogP contribution is -2.21. The molecule has 1 aromatic heterocycles. The highest BCUT2D eigenvalue weighted by molar-refractivity contribution is 5.82. The van der Waals surface area contributed by atoms with Gasteiger partial charge in [-0.05, 0) is 36.2 Å². The highest BCUT2D eigenvalue weighted by Gasteiger charge is 2.07. The minimum atomic E-state index is -0.287. The normalized spacial score (nSPS) is 10.9. The first kappa shape index (κ1) is 12.6. The van der Waals surface area contributed by atoms with E-state index in [0.29, 0.717) is 6.54 Å². The van der Waals surface area contributed by atoms with Crippen LogP contribution in [0.2, 0.25) is 0 Å². The molecule has 0 bridgehead atoms. The quantitative estimate of drug-likeness (QED) is 0.696. The molecule has 0 saturated heterocycles. The van der Waals surface area contributed by atoms with Crippen LogP contribution >= 0.6 is 0 Å². The monoisotopic (exact) mass is 267 g/mol. The lowest BCUT2D eigenvalue weighted by molar-refractivity contribution is 0.629. The highest BCUT2D eigenvalue weighted by Crippen LogP contribution is 2.18. The van der Waals surface area contributed by atoms with Gasteiger partial charge >= 0.3 is 0 Å². The lowest BCUT2D eigenvalue weighted by Gasteiger charge is -2.12. The van der Waals surface area contributed by atoms with Crippen molar-refractivity contribution in [2.24, 2.45) is 0 Å². The van der Waals surface area contributed by atoms with Gasteiger partial charge in [0.2, 0.25) is 0 Å². The first-order valence-corrected chi connectivity index (χ1v) is 6.49. The molecular weight excluding hydrogens is 253 g/mol. The lowest BCUT2D eigenvalue weighted by atomic mass is 10.1. The Morgan fingerprint density at radius 3 is 2.55 bits per heavy atom. The van der Waals surface area contributed by atoms with Crippen LogP contribution in [-0.4, -0.2) is 4.57 Å². The second-order valence-corrected chi connectivity index (χ2v) is 4.90. The molecule has 0 aliphatic heterocycles. The Kier molecular flexibility index (Phi) is 3.11. The predicted molar refractivity (Wildman–Crippen MR) is 78.4 cm³/mol. The molecule has 1 heterocycles. The van der Waals surface area contributed by atoms with Crippen molar-refractivity contribution in [3.8, 4) is 0 Å². The van der Waals surface area contributed by atoms with Gasteiger partial charge in [-0.15, -0.1) is 0 Å². The smallest absolute Gasteiger partial charge is 0.251 e. The maximum Gasteiger partial charge on any atom is 0.251 e. The number of hydrogen-bond acceptors (Lipinski definition) is 1. The summed E-state index contributed by atoms with van der Waals surface area (Å²) in [5, 5.41) is 0.778. The molecule has 0 aliphatic rings. The molecule has 0 amide bonds. The van der Waals surface area contributed by atoms with Crippen molar-refractivity contribution in [3.63, 3.8) is 0 Å². The molecule has 3 heteroatoms. The van der Waals surface area contributed by atoms with E-state index in [2.05, 4.69) is 0 Å². The Morgan fingerprint density at radius 1 is 1.05 bits per heavy atom. The summed E-state index contributed by atoms with van der Waals surface area (Å²) in [5.41, 5.74) is 2.55. The van der Waals surface area contributed by atoms with Crippen LogP contribution in [-0.2, 0) is 6.54 Å². The molecule has 3 rings (SSSR count). The second kappa shape index (κ2) is 4.93. The number of aryl methyl sites for hydroxylation is 1. The van der Waals surface area contributed by atoms with Crippen LogP contribution in [0.1, 0.15) is 11.1 Å². The average Bonchev–Trinajstić information content (AvgIpc) is 2.45. The number of fused-ring (bicyclic) bond motifs is 1. The molecule has 0 atom stereocenters. The number of nitrogens with zero attached hydrogens (tertiary/aromatic N) is 1. The molecule has 0 saturated carbocycles. The van der Waals surface area contributed by atoms with Gasteiger partial charge in [-0.3, -0.25) is 4.79 Å². The Balaban J connectivity index is 2.22. The number of benzene rings is 2. The van der Waals surface area contributed by atoms with Gasteiger partial charge in [0.25, 0.3) is 5.56 Å². The molecule has 20 heavy (non-hydrogen) atoms. The number of halogens is 1. The van der Waals surface area contributed by atoms with E-state index in [4.69, 9.17) is 0 Å². The van der Waals surface area contributed by atoms with Gasteiger partial charge in [-0.25, -0.2) is 4.39 Å². The molecule has 0 aliphatic carbocycles. The minimum Gasteiger partial charge on any atom is -0.304 e. The van der Waals surface area contributed by atoms with Gasteiger partial charge in [0.1, 0.15) is 5.82 Å². The predicted octanol–water partition coefficient (Wildman–Crippen LogP) is 3.50. The maximum absolute atomic E-state index is 13.4.